The smallest absolute Gasteiger partial charge is 0.493 e. The second-order valence-electron chi connectivity index (χ2n) is 15.3. The van der Waals surface area contributed by atoms with Gasteiger partial charge in [0.2, 0.25) is 11.4 Å². The normalized spacial score (nSPS) is 30.2. The number of halogens is 2. The first kappa shape index (κ1) is 45.3. The minimum absolute atomic E-state index is 0.0328. The summed E-state index contributed by atoms with van der Waals surface area (Å²) >= 11 is 0. The Kier molecular flexibility index (Phi) is 13.5. The van der Waals surface area contributed by atoms with Crippen LogP contribution in [-0.4, -0.2) is 107 Å². The molecule has 1 aromatic rings. The summed E-state index contributed by atoms with van der Waals surface area (Å²) in [6.07, 6.45) is -5.57. The molecule has 2 N–H and O–H groups in total. The third-order valence-corrected chi connectivity index (χ3v) is 12.1. The molecule has 0 amide bonds. The lowest BCUT2D eigenvalue weighted by atomic mass is 9.45. The van der Waals surface area contributed by atoms with E-state index in [1.54, 1.807) is 0 Å². The van der Waals surface area contributed by atoms with Gasteiger partial charge in [-0.25, -0.2) is 18.4 Å². The van der Waals surface area contributed by atoms with Gasteiger partial charge in [0.1, 0.15) is 11.9 Å². The van der Waals surface area contributed by atoms with Gasteiger partial charge in [0.15, 0.2) is 29.6 Å². The molecule has 0 bridgehead atoms. The highest BCUT2D eigenvalue weighted by Gasteiger charge is 2.78. The number of esters is 2. The average Bonchev–Trinajstić information content (AvgIpc) is 3.40. The summed E-state index contributed by atoms with van der Waals surface area (Å²) in [5.74, 6) is -7.48. The van der Waals surface area contributed by atoms with Crippen LogP contribution in [0.1, 0.15) is 75.6 Å². The van der Waals surface area contributed by atoms with Crippen molar-refractivity contribution in [2.45, 2.75) is 88.7 Å². The number of benzene rings is 1. The van der Waals surface area contributed by atoms with Crippen molar-refractivity contribution >= 4 is 29.7 Å². The van der Waals surface area contributed by atoms with Gasteiger partial charge >= 0.3 is 18.1 Å². The van der Waals surface area contributed by atoms with Crippen LogP contribution >= 0.6 is 0 Å². The molecule has 60 heavy (non-hydrogen) atoms. The molecule has 8 atom stereocenters. The van der Waals surface area contributed by atoms with Crippen molar-refractivity contribution in [3.63, 3.8) is 0 Å². The van der Waals surface area contributed by atoms with E-state index in [9.17, 15) is 54.4 Å². The number of fused-ring (bicyclic) bond motifs is 5. The Hall–Kier alpha value is -5.77. The second-order valence-corrected chi connectivity index (χ2v) is 15.3. The molecule has 0 spiro atoms. The van der Waals surface area contributed by atoms with E-state index in [1.165, 1.54) is 39.2 Å². The van der Waals surface area contributed by atoms with E-state index in [2.05, 4.69) is 9.68 Å². The number of nitrogens with zero attached hydrogens (tertiary/aromatic N) is 2. The number of allylic oxidation sites excluding steroid dienone is 4. The summed E-state index contributed by atoms with van der Waals surface area (Å²) in [5.41, 5.74) is -9.08. The first-order valence-electron chi connectivity index (χ1n) is 18.9. The number of Topliss-reactive ketones (excluding diaryl/α,β-unsaturated/α-hetero) is 1. The molecule has 0 heterocycles. The fraction of sp³-hybridized carbons (Fsp3) is 0.605. The van der Waals surface area contributed by atoms with Crippen LogP contribution in [0.4, 0.5) is 13.6 Å². The van der Waals surface area contributed by atoms with E-state index in [-0.39, 0.29) is 55.1 Å². The molecular formula is C38H44F2N2O18. The van der Waals surface area contributed by atoms with Crippen LogP contribution in [0.15, 0.2) is 41.8 Å². The maximum atomic E-state index is 17.8. The van der Waals surface area contributed by atoms with E-state index in [1.807, 2.05) is 0 Å². The fourth-order valence-corrected chi connectivity index (χ4v) is 9.33. The van der Waals surface area contributed by atoms with Crippen molar-refractivity contribution in [1.82, 2.24) is 0 Å². The standard InChI is InChI=1S/C38H44F2N2O18/c1-35-11-10-22(43)16-25(35)26(39)17-24-23-18-29(44)38(36(23,2)19-30(45)37(24,35)40,60-32(47)7-6-14-58-42(52)53)31(46)20-56-34(49)59-27-9-8-21(15-28(27)54-3)33(48)55-12-4-5-13-57-41(50)51/h8-11,15,23-24,29-30,44-45H,4-7,12-14,16-20H2,1-3H3/t23?,24?,29-,30+,35+,36+,37+,38+/m1/s1. The van der Waals surface area contributed by atoms with E-state index < -0.39 is 137 Å². The number of unbranched alkanes of at least 4 members (excludes halogenated alkanes) is 1. The lowest BCUT2D eigenvalue weighted by molar-refractivity contribution is -0.757. The van der Waals surface area contributed by atoms with Crippen LogP contribution in [0.2, 0.25) is 0 Å². The van der Waals surface area contributed by atoms with Gasteiger partial charge in [0.05, 0.1) is 38.6 Å². The zero-order valence-electron chi connectivity index (χ0n) is 32.8. The van der Waals surface area contributed by atoms with Gasteiger partial charge in [0, 0.05) is 36.0 Å². The van der Waals surface area contributed by atoms with Crippen molar-refractivity contribution in [3.05, 3.63) is 67.5 Å². The van der Waals surface area contributed by atoms with Crippen LogP contribution in [-0.2, 0) is 38.3 Å². The highest BCUT2D eigenvalue weighted by atomic mass is 19.1. The lowest BCUT2D eigenvalue weighted by Gasteiger charge is -2.62. The van der Waals surface area contributed by atoms with E-state index >= 15 is 8.78 Å². The Morgan fingerprint density at radius 1 is 0.933 bits per heavy atom. The minimum Gasteiger partial charge on any atom is -0.493 e. The molecule has 2 unspecified atom stereocenters. The number of ketones is 2. The van der Waals surface area contributed by atoms with Gasteiger partial charge in [0.25, 0.3) is 10.2 Å². The molecule has 4 aliphatic rings. The highest BCUT2D eigenvalue weighted by molar-refractivity contribution is 5.95. The van der Waals surface area contributed by atoms with Crippen molar-refractivity contribution in [3.8, 4) is 11.5 Å². The minimum atomic E-state index is -2.65. The average molecular weight is 855 g/mol. The molecule has 5 rings (SSSR count). The molecule has 4 aliphatic carbocycles. The van der Waals surface area contributed by atoms with Gasteiger partial charge < -0.3 is 43.6 Å². The first-order valence-corrected chi connectivity index (χ1v) is 18.9. The number of hydrogen-bond donors (Lipinski definition) is 2. The summed E-state index contributed by atoms with van der Waals surface area (Å²) in [5, 5.41) is 42.3. The molecule has 22 heteroatoms. The molecule has 328 valence electrons. The number of aliphatic hydroxyl groups is 2. The largest absolute Gasteiger partial charge is 0.514 e. The fourth-order valence-electron chi connectivity index (χ4n) is 9.33. The zero-order chi connectivity index (χ0) is 44.2. The van der Waals surface area contributed by atoms with Crippen molar-refractivity contribution in [2.24, 2.45) is 22.7 Å². The maximum Gasteiger partial charge on any atom is 0.514 e. The monoisotopic (exact) mass is 854 g/mol. The molecule has 2 fully saturated rings. The third-order valence-electron chi connectivity index (χ3n) is 12.1. The van der Waals surface area contributed by atoms with Gasteiger partial charge in [-0.05, 0) is 74.8 Å². The zero-order valence-corrected chi connectivity index (χ0v) is 32.8. The number of carbonyl (C=O) groups is 5. The Morgan fingerprint density at radius 3 is 2.27 bits per heavy atom. The predicted molar refractivity (Wildman–Crippen MR) is 193 cm³/mol. The van der Waals surface area contributed by atoms with Gasteiger partial charge in [-0.2, -0.15) is 0 Å². The predicted octanol–water partition coefficient (Wildman–Crippen LogP) is 3.83. The van der Waals surface area contributed by atoms with Gasteiger partial charge in [-0.15, -0.1) is 20.2 Å². The highest BCUT2D eigenvalue weighted by Crippen LogP contribution is 2.70. The van der Waals surface area contributed by atoms with Gasteiger partial charge in [-0.3, -0.25) is 14.4 Å². The quantitative estimate of drug-likeness (QED) is 0.0530. The lowest BCUT2D eigenvalue weighted by Crippen LogP contribution is -2.70. The van der Waals surface area contributed by atoms with Crippen molar-refractivity contribution < 1.29 is 86.5 Å². The van der Waals surface area contributed by atoms with Crippen LogP contribution in [0, 0.1) is 42.9 Å². The van der Waals surface area contributed by atoms with Crippen molar-refractivity contribution in [1.29, 1.82) is 0 Å². The second kappa shape index (κ2) is 17.8. The number of aliphatic hydroxyl groups excluding tert-OH is 2. The number of carbonyl (C=O) groups excluding carboxylic acids is 5. The molecule has 1 aromatic carbocycles. The Morgan fingerprint density at radius 2 is 1.60 bits per heavy atom. The number of alkyl halides is 1. The third kappa shape index (κ3) is 8.34. The maximum absolute atomic E-state index is 17.8. The molecule has 0 saturated heterocycles. The summed E-state index contributed by atoms with van der Waals surface area (Å²) < 4.78 is 60.1. The summed E-state index contributed by atoms with van der Waals surface area (Å²) in [7, 11) is 1.19. The molecule has 20 nitrogen and oxygen atoms in total. The molecular weight excluding hydrogens is 810 g/mol. The van der Waals surface area contributed by atoms with E-state index in [4.69, 9.17) is 23.7 Å². The Labute approximate surface area is 339 Å². The number of ether oxygens (including phenoxy) is 5. The Bertz CT molecular complexity index is 1980. The Balaban J connectivity index is 1.36. The molecule has 0 aliphatic heterocycles. The number of rotatable bonds is 18. The number of hydrogen-bond acceptors (Lipinski definition) is 18. The SMILES string of the molecule is COc1cc(C(=O)OCCCCO[N+](=O)[O-])ccc1OC(=O)OCC(=O)[C@@]1(OC(=O)CCCO[N+](=O)[O-])[C@H](O)CC2C3CC(F)=C4CC(=O)C=C[C@]4(C)[C@@]3(F)[C@@H](O)C[C@@]21C. The molecule has 2 saturated carbocycles. The topological polar surface area (TPSA) is 277 Å². The van der Waals surface area contributed by atoms with Gasteiger partial charge in [-0.1, -0.05) is 13.0 Å². The van der Waals surface area contributed by atoms with Crippen LogP contribution in [0.5, 0.6) is 11.5 Å². The first-order chi connectivity index (χ1) is 28.2. The number of methoxy groups -OCH3 is 1. The summed E-state index contributed by atoms with van der Waals surface area (Å²) in [6.45, 7) is 0.675. The van der Waals surface area contributed by atoms with Crippen LogP contribution in [0.3, 0.4) is 0 Å². The molecule has 0 aromatic heterocycles. The van der Waals surface area contributed by atoms with Crippen LogP contribution < -0.4 is 9.47 Å². The van der Waals surface area contributed by atoms with E-state index in [0.29, 0.717) is 0 Å². The molecule has 0 radical (unpaired) electrons. The van der Waals surface area contributed by atoms with E-state index in [0.717, 1.165) is 12.1 Å². The summed E-state index contributed by atoms with van der Waals surface area (Å²) in [4.78, 5) is 94.8. The summed E-state index contributed by atoms with van der Waals surface area (Å²) in [6, 6.07) is 3.53. The van der Waals surface area contributed by atoms with Crippen LogP contribution in [0.25, 0.3) is 0 Å². The van der Waals surface area contributed by atoms with Crippen molar-refractivity contribution in [2.75, 3.05) is 33.5 Å².